The second-order valence-corrected chi connectivity index (χ2v) is 8.66. The van der Waals surface area contributed by atoms with Crippen LogP contribution in [0.3, 0.4) is 0 Å². The van der Waals surface area contributed by atoms with Crippen molar-refractivity contribution >= 4 is 51.9 Å². The van der Waals surface area contributed by atoms with Crippen LogP contribution in [-0.4, -0.2) is 15.4 Å². The Balaban J connectivity index is 1.92. The summed E-state index contributed by atoms with van der Waals surface area (Å²) < 4.78 is 1.70. The number of para-hydroxylation sites is 1. The summed E-state index contributed by atoms with van der Waals surface area (Å²) in [7, 11) is 0. The Morgan fingerprint density at radius 1 is 1.09 bits per heavy atom. The Morgan fingerprint density at radius 3 is 2.43 bits per heavy atom. The number of thiazole rings is 1. The number of carbonyl (C=O) groups is 1. The highest BCUT2D eigenvalue weighted by molar-refractivity contribution is 7.07. The van der Waals surface area contributed by atoms with Crippen molar-refractivity contribution in [3.8, 4) is 11.8 Å². The summed E-state index contributed by atoms with van der Waals surface area (Å²) in [6.45, 7) is 0. The molecule has 0 spiro atoms. The first-order valence-electron chi connectivity index (χ1n) is 10.1. The van der Waals surface area contributed by atoms with Crippen LogP contribution in [0.2, 0.25) is 5.02 Å². The molecule has 0 saturated heterocycles. The van der Waals surface area contributed by atoms with E-state index in [1.54, 1.807) is 60.7 Å². The number of non-ortho nitro benzene ring substituents is 1. The number of aromatic nitrogens is 1. The molecule has 1 amide bonds. The molecular formula is C25H15ClN4O4S. The van der Waals surface area contributed by atoms with Gasteiger partial charge >= 0.3 is 0 Å². The van der Waals surface area contributed by atoms with Crippen LogP contribution >= 0.6 is 22.9 Å². The Labute approximate surface area is 207 Å². The normalized spacial score (nSPS) is 12.1. The maximum absolute atomic E-state index is 13.4. The molecule has 4 rings (SSSR count). The van der Waals surface area contributed by atoms with Gasteiger partial charge in [0.2, 0.25) is 0 Å². The van der Waals surface area contributed by atoms with Crippen molar-refractivity contribution in [3.05, 3.63) is 119 Å². The Kier molecular flexibility index (Phi) is 6.87. The van der Waals surface area contributed by atoms with Gasteiger partial charge in [0.05, 0.1) is 15.1 Å². The summed E-state index contributed by atoms with van der Waals surface area (Å²) in [6.07, 6.45) is 1.56. The van der Waals surface area contributed by atoms with E-state index >= 15 is 0 Å². The summed E-state index contributed by atoms with van der Waals surface area (Å²) in [6, 6.07) is 22.8. The molecule has 0 atom stereocenters. The van der Waals surface area contributed by atoms with E-state index in [2.05, 4.69) is 5.32 Å². The highest BCUT2D eigenvalue weighted by Gasteiger charge is 2.17. The van der Waals surface area contributed by atoms with E-state index in [1.807, 2.05) is 6.07 Å². The van der Waals surface area contributed by atoms with Crippen LogP contribution < -0.4 is 20.1 Å². The van der Waals surface area contributed by atoms with Gasteiger partial charge in [-0.05, 0) is 54.1 Å². The molecule has 10 heteroatoms. The molecule has 0 radical (unpaired) electrons. The van der Waals surface area contributed by atoms with Gasteiger partial charge in [0.1, 0.15) is 10.7 Å². The first-order valence-corrected chi connectivity index (χ1v) is 11.3. The van der Waals surface area contributed by atoms with Crippen molar-refractivity contribution in [2.75, 3.05) is 5.32 Å². The lowest BCUT2D eigenvalue weighted by molar-refractivity contribution is -0.384. The van der Waals surface area contributed by atoms with Crippen molar-refractivity contribution in [3.63, 3.8) is 0 Å². The smallest absolute Gasteiger partial charge is 0.273 e. The average Bonchev–Trinajstić information content (AvgIpc) is 3.15. The van der Waals surface area contributed by atoms with Gasteiger partial charge < -0.3 is 5.32 Å². The molecule has 0 aliphatic heterocycles. The molecule has 0 bridgehead atoms. The van der Waals surface area contributed by atoms with Gasteiger partial charge in [-0.3, -0.25) is 24.3 Å². The minimum absolute atomic E-state index is 0.0755. The molecule has 0 aliphatic carbocycles. The highest BCUT2D eigenvalue weighted by Crippen LogP contribution is 2.16. The summed E-state index contributed by atoms with van der Waals surface area (Å²) in [5.41, 5.74) is 0.682. The van der Waals surface area contributed by atoms with Crippen LogP contribution in [0.15, 0.2) is 83.7 Å². The summed E-state index contributed by atoms with van der Waals surface area (Å²) >= 11 is 6.96. The number of hydrogen-bond acceptors (Lipinski definition) is 6. The fraction of sp³-hybridized carbons (Fsp3) is 0. The molecule has 0 unspecified atom stereocenters. The van der Waals surface area contributed by atoms with Crippen molar-refractivity contribution < 1.29 is 9.72 Å². The van der Waals surface area contributed by atoms with Gasteiger partial charge in [0.25, 0.3) is 17.2 Å². The highest BCUT2D eigenvalue weighted by atomic mass is 35.5. The van der Waals surface area contributed by atoms with Gasteiger partial charge in [0.15, 0.2) is 5.57 Å². The molecule has 1 aromatic heterocycles. The number of nitro benzene ring substituents is 1. The SMILES string of the molecule is N#C/C(C(=O)Nc1cccc(Cl)c1)=c1\s/c(=C/c2ccc([N+](=O)[O-])cc2)c(=O)n1-c1ccccc1. The maximum Gasteiger partial charge on any atom is 0.273 e. The van der Waals surface area contributed by atoms with E-state index in [-0.39, 0.29) is 20.5 Å². The van der Waals surface area contributed by atoms with Crippen molar-refractivity contribution in [2.45, 2.75) is 0 Å². The number of nitrogens with one attached hydrogen (secondary N) is 1. The number of carbonyl (C=O) groups excluding carboxylic acids is 1. The van der Waals surface area contributed by atoms with Crippen LogP contribution in [0.5, 0.6) is 0 Å². The van der Waals surface area contributed by atoms with Crippen LogP contribution in [0.25, 0.3) is 17.3 Å². The number of rotatable bonds is 5. The lowest BCUT2D eigenvalue weighted by Crippen LogP contribution is -2.32. The van der Waals surface area contributed by atoms with Crippen molar-refractivity contribution in [1.29, 1.82) is 5.26 Å². The topological polar surface area (TPSA) is 118 Å². The lowest BCUT2D eigenvalue weighted by atomic mass is 10.2. The predicted molar refractivity (Wildman–Crippen MR) is 135 cm³/mol. The van der Waals surface area contributed by atoms with Crippen LogP contribution in [-0.2, 0) is 4.79 Å². The molecule has 0 aliphatic rings. The third-order valence-corrected chi connectivity index (χ3v) is 6.20. The summed E-state index contributed by atoms with van der Waals surface area (Å²) in [4.78, 5) is 36.8. The fourth-order valence-electron chi connectivity index (χ4n) is 3.26. The molecule has 35 heavy (non-hydrogen) atoms. The fourth-order valence-corrected chi connectivity index (χ4v) is 4.55. The number of hydrogen-bond donors (Lipinski definition) is 1. The zero-order valence-electron chi connectivity index (χ0n) is 17.8. The van der Waals surface area contributed by atoms with E-state index in [4.69, 9.17) is 11.6 Å². The first kappa shape index (κ1) is 23.6. The molecule has 8 nitrogen and oxygen atoms in total. The molecule has 3 aromatic carbocycles. The number of halogens is 1. The largest absolute Gasteiger partial charge is 0.321 e. The van der Waals surface area contributed by atoms with Gasteiger partial charge in [-0.2, -0.15) is 5.26 Å². The van der Waals surface area contributed by atoms with E-state index in [0.717, 1.165) is 11.3 Å². The molecule has 0 fully saturated rings. The maximum atomic E-state index is 13.4. The minimum Gasteiger partial charge on any atom is -0.321 e. The summed E-state index contributed by atoms with van der Waals surface area (Å²) in [5.74, 6) is -0.692. The van der Waals surface area contributed by atoms with E-state index < -0.39 is 16.4 Å². The third-order valence-electron chi connectivity index (χ3n) is 4.87. The second kappa shape index (κ2) is 10.2. The standard InChI is InChI=1S/C25H15ClN4O4S/c26-17-5-4-6-18(14-17)28-23(31)21(15-27)25-29(19-7-2-1-3-8-19)24(32)22(35-25)13-16-9-11-20(12-10-16)30(33)34/h1-14H,(H,28,31)/b22-13+,25-21+. The molecule has 1 N–H and O–H groups in total. The molecule has 172 valence electrons. The molecule has 0 saturated carbocycles. The molecular weight excluding hydrogens is 488 g/mol. The van der Waals surface area contributed by atoms with Crippen molar-refractivity contribution in [2.24, 2.45) is 0 Å². The lowest BCUT2D eigenvalue weighted by Gasteiger charge is -2.06. The number of nitriles is 1. The van der Waals surface area contributed by atoms with Gasteiger partial charge in [-0.15, -0.1) is 11.3 Å². The first-order chi connectivity index (χ1) is 16.9. The average molecular weight is 503 g/mol. The van der Waals surface area contributed by atoms with Crippen molar-refractivity contribution in [1.82, 2.24) is 4.57 Å². The second-order valence-electron chi connectivity index (χ2n) is 7.19. The minimum atomic E-state index is -0.692. The quantitative estimate of drug-likeness (QED) is 0.330. The Bertz CT molecular complexity index is 1650. The predicted octanol–water partition coefficient (Wildman–Crippen LogP) is 3.60. The van der Waals surface area contributed by atoms with Crippen LogP contribution in [0, 0.1) is 21.4 Å². The van der Waals surface area contributed by atoms with Crippen LogP contribution in [0.1, 0.15) is 5.56 Å². The third kappa shape index (κ3) is 5.19. The van der Waals surface area contributed by atoms with Crippen LogP contribution in [0.4, 0.5) is 11.4 Å². The van der Waals surface area contributed by atoms with E-state index in [1.165, 1.54) is 28.8 Å². The van der Waals surface area contributed by atoms with Gasteiger partial charge in [0, 0.05) is 22.8 Å². The number of anilines is 1. The number of amides is 1. The Hall–Kier alpha value is -4.52. The zero-order chi connectivity index (χ0) is 24.9. The molecule has 1 heterocycles. The van der Waals surface area contributed by atoms with Gasteiger partial charge in [-0.25, -0.2) is 0 Å². The number of benzene rings is 3. The number of nitrogens with zero attached hydrogens (tertiary/aromatic N) is 3. The monoisotopic (exact) mass is 502 g/mol. The zero-order valence-corrected chi connectivity index (χ0v) is 19.4. The number of nitro groups is 1. The molecule has 4 aromatic rings. The summed E-state index contributed by atoms with van der Waals surface area (Å²) in [5, 5.41) is 23.8. The van der Waals surface area contributed by atoms with Gasteiger partial charge in [-0.1, -0.05) is 35.9 Å². The van der Waals surface area contributed by atoms with E-state index in [9.17, 15) is 25.0 Å². The Morgan fingerprint density at radius 2 is 1.80 bits per heavy atom. The van der Waals surface area contributed by atoms with E-state index in [0.29, 0.717) is 22.0 Å².